The lowest BCUT2D eigenvalue weighted by Crippen LogP contribution is -2.33. The summed E-state index contributed by atoms with van der Waals surface area (Å²) in [5.41, 5.74) is 0. The molecule has 0 amide bonds. The average Bonchev–Trinajstić information content (AvgIpc) is 1.62. The molecule has 0 spiro atoms. The van der Waals surface area contributed by atoms with Crippen molar-refractivity contribution in [2.45, 2.75) is 0 Å². The van der Waals surface area contributed by atoms with Crippen molar-refractivity contribution in [2.75, 3.05) is 20.3 Å². The summed E-state index contributed by atoms with van der Waals surface area (Å²) in [6, 6.07) is 0. The van der Waals surface area contributed by atoms with Crippen LogP contribution in [0.3, 0.4) is 0 Å². The summed E-state index contributed by atoms with van der Waals surface area (Å²) in [4.78, 5) is 10.5. The molecule has 1 aliphatic heterocycles. The minimum atomic E-state index is -0.240. The molecular formula is C5H7O3. The van der Waals surface area contributed by atoms with Crippen LogP contribution in [0.1, 0.15) is 0 Å². The van der Waals surface area contributed by atoms with Crippen molar-refractivity contribution in [3.05, 3.63) is 5.92 Å². The van der Waals surface area contributed by atoms with Crippen LogP contribution in [0.25, 0.3) is 0 Å². The van der Waals surface area contributed by atoms with Crippen LogP contribution in [-0.4, -0.2) is 26.3 Å². The van der Waals surface area contributed by atoms with E-state index in [0.717, 1.165) is 5.92 Å². The van der Waals surface area contributed by atoms with Gasteiger partial charge in [0, 0.05) is 0 Å². The summed E-state index contributed by atoms with van der Waals surface area (Å²) in [5, 5.41) is 0. The molecule has 1 saturated heterocycles. The fraction of sp³-hybridized carbons (Fsp3) is 0.600. The van der Waals surface area contributed by atoms with Gasteiger partial charge in [0.05, 0.1) is 20.3 Å². The SMILES string of the molecule is COC(=O)[C]1COC1. The van der Waals surface area contributed by atoms with Crippen LogP contribution in [0.2, 0.25) is 0 Å². The Labute approximate surface area is 47.6 Å². The van der Waals surface area contributed by atoms with E-state index in [0.29, 0.717) is 13.2 Å². The number of methoxy groups -OCH3 is 1. The maximum atomic E-state index is 10.5. The van der Waals surface area contributed by atoms with Gasteiger partial charge in [-0.15, -0.1) is 0 Å². The summed E-state index contributed by atoms with van der Waals surface area (Å²) >= 11 is 0. The average molecular weight is 115 g/mol. The zero-order valence-electron chi connectivity index (χ0n) is 4.64. The molecule has 0 aromatic carbocycles. The predicted molar refractivity (Wildman–Crippen MR) is 26.1 cm³/mol. The molecule has 8 heavy (non-hydrogen) atoms. The monoisotopic (exact) mass is 115 g/mol. The number of hydrogen-bond acceptors (Lipinski definition) is 3. The number of carbonyl (C=O) groups excluding carboxylic acids is 1. The molecule has 0 N–H and O–H groups in total. The first-order valence-corrected chi connectivity index (χ1v) is 2.35. The van der Waals surface area contributed by atoms with Crippen molar-refractivity contribution in [3.8, 4) is 0 Å². The number of esters is 1. The molecule has 1 heterocycles. The topological polar surface area (TPSA) is 35.5 Å². The molecule has 0 unspecified atom stereocenters. The first kappa shape index (κ1) is 5.56. The lowest BCUT2D eigenvalue weighted by Gasteiger charge is -2.21. The Hall–Kier alpha value is -0.570. The van der Waals surface area contributed by atoms with Crippen molar-refractivity contribution in [2.24, 2.45) is 0 Å². The highest BCUT2D eigenvalue weighted by molar-refractivity contribution is 5.86. The molecule has 0 saturated carbocycles. The van der Waals surface area contributed by atoms with Crippen molar-refractivity contribution in [1.82, 2.24) is 0 Å². The van der Waals surface area contributed by atoms with Gasteiger partial charge in [-0.1, -0.05) is 0 Å². The van der Waals surface area contributed by atoms with Gasteiger partial charge in [0.2, 0.25) is 0 Å². The highest BCUT2D eigenvalue weighted by Gasteiger charge is 2.27. The lowest BCUT2D eigenvalue weighted by atomic mass is 10.1. The zero-order valence-corrected chi connectivity index (χ0v) is 4.64. The molecular weight excluding hydrogens is 108 g/mol. The maximum Gasteiger partial charge on any atom is 0.317 e. The molecule has 0 aromatic heterocycles. The maximum absolute atomic E-state index is 10.5. The minimum absolute atomic E-state index is 0.240. The Balaban J connectivity index is 2.24. The molecule has 0 bridgehead atoms. The van der Waals surface area contributed by atoms with Crippen LogP contribution in [0.5, 0.6) is 0 Å². The first-order chi connectivity index (χ1) is 3.84. The Kier molecular flexibility index (Phi) is 1.48. The third kappa shape index (κ3) is 0.816. The Bertz CT molecular complexity index is 95.8. The van der Waals surface area contributed by atoms with Crippen LogP contribution in [0.15, 0.2) is 0 Å². The molecule has 1 rings (SSSR count). The first-order valence-electron chi connectivity index (χ1n) is 2.35. The van der Waals surface area contributed by atoms with E-state index in [1.165, 1.54) is 7.11 Å². The molecule has 3 heteroatoms. The van der Waals surface area contributed by atoms with Crippen LogP contribution >= 0.6 is 0 Å². The van der Waals surface area contributed by atoms with Crippen LogP contribution in [0.4, 0.5) is 0 Å². The van der Waals surface area contributed by atoms with Gasteiger partial charge in [-0.3, -0.25) is 4.79 Å². The summed E-state index contributed by atoms with van der Waals surface area (Å²) < 4.78 is 9.12. The van der Waals surface area contributed by atoms with E-state index in [2.05, 4.69) is 4.74 Å². The molecule has 1 radical (unpaired) electrons. The number of rotatable bonds is 1. The Morgan fingerprint density at radius 1 is 1.75 bits per heavy atom. The van der Waals surface area contributed by atoms with Crippen molar-refractivity contribution in [1.29, 1.82) is 0 Å². The van der Waals surface area contributed by atoms with Gasteiger partial charge in [-0.25, -0.2) is 0 Å². The van der Waals surface area contributed by atoms with Gasteiger partial charge in [0.1, 0.15) is 5.92 Å². The van der Waals surface area contributed by atoms with E-state index in [1.54, 1.807) is 0 Å². The molecule has 0 atom stereocenters. The van der Waals surface area contributed by atoms with E-state index < -0.39 is 0 Å². The van der Waals surface area contributed by atoms with Crippen molar-refractivity contribution < 1.29 is 14.3 Å². The highest BCUT2D eigenvalue weighted by Crippen LogP contribution is 2.12. The summed E-state index contributed by atoms with van der Waals surface area (Å²) in [7, 11) is 1.37. The molecule has 1 aliphatic rings. The second-order valence-electron chi connectivity index (χ2n) is 1.59. The van der Waals surface area contributed by atoms with Crippen LogP contribution in [0, 0.1) is 5.92 Å². The minimum Gasteiger partial charge on any atom is -0.468 e. The highest BCUT2D eigenvalue weighted by atomic mass is 16.5. The normalized spacial score (nSPS) is 19.6. The standard InChI is InChI=1S/C5H7O3/c1-7-5(6)4-2-8-3-4/h2-3H2,1H3. The van der Waals surface area contributed by atoms with Crippen molar-refractivity contribution >= 4 is 5.97 Å². The molecule has 45 valence electrons. The smallest absolute Gasteiger partial charge is 0.317 e. The molecule has 0 aromatic rings. The van der Waals surface area contributed by atoms with Gasteiger partial charge in [0.15, 0.2) is 0 Å². The van der Waals surface area contributed by atoms with E-state index in [1.807, 2.05) is 0 Å². The molecule has 0 aliphatic carbocycles. The third-order valence-corrected chi connectivity index (χ3v) is 1.03. The van der Waals surface area contributed by atoms with E-state index in [9.17, 15) is 4.79 Å². The van der Waals surface area contributed by atoms with Crippen LogP contribution in [-0.2, 0) is 14.3 Å². The lowest BCUT2D eigenvalue weighted by molar-refractivity contribution is -0.144. The second kappa shape index (κ2) is 2.13. The summed E-state index contributed by atoms with van der Waals surface area (Å²) in [6.07, 6.45) is 0. The summed E-state index contributed by atoms with van der Waals surface area (Å²) in [5.74, 6) is 0.490. The Morgan fingerprint density at radius 3 is 2.50 bits per heavy atom. The van der Waals surface area contributed by atoms with E-state index >= 15 is 0 Å². The number of carbonyl (C=O) groups is 1. The Morgan fingerprint density at radius 2 is 2.38 bits per heavy atom. The largest absolute Gasteiger partial charge is 0.468 e. The van der Waals surface area contributed by atoms with Gasteiger partial charge >= 0.3 is 5.97 Å². The van der Waals surface area contributed by atoms with E-state index in [-0.39, 0.29) is 5.97 Å². The van der Waals surface area contributed by atoms with Gasteiger partial charge in [-0.05, 0) is 0 Å². The van der Waals surface area contributed by atoms with Gasteiger partial charge in [-0.2, -0.15) is 0 Å². The fourth-order valence-electron chi connectivity index (χ4n) is 0.466. The number of ether oxygens (including phenoxy) is 2. The second-order valence-corrected chi connectivity index (χ2v) is 1.59. The van der Waals surface area contributed by atoms with E-state index in [4.69, 9.17) is 4.74 Å². The molecule has 1 fully saturated rings. The van der Waals surface area contributed by atoms with Crippen molar-refractivity contribution in [3.63, 3.8) is 0 Å². The fourth-order valence-corrected chi connectivity index (χ4v) is 0.466. The quantitative estimate of drug-likeness (QED) is 0.442. The number of hydrogen-bond donors (Lipinski definition) is 0. The predicted octanol–water partition coefficient (Wildman–Crippen LogP) is -0.236. The third-order valence-electron chi connectivity index (χ3n) is 1.03. The zero-order chi connectivity index (χ0) is 5.98. The molecule has 3 nitrogen and oxygen atoms in total. The van der Waals surface area contributed by atoms with Crippen LogP contribution < -0.4 is 0 Å². The van der Waals surface area contributed by atoms with Gasteiger partial charge in [0.25, 0.3) is 0 Å². The summed E-state index contributed by atoms with van der Waals surface area (Å²) in [6.45, 7) is 0.902. The van der Waals surface area contributed by atoms with Gasteiger partial charge < -0.3 is 9.47 Å².